The van der Waals surface area contributed by atoms with Gasteiger partial charge in [0.2, 0.25) is 0 Å². The average molecular weight is 243 g/mol. The van der Waals surface area contributed by atoms with Crippen LogP contribution in [0.3, 0.4) is 0 Å². The first kappa shape index (κ1) is 11.8. The Balaban J connectivity index is 2.11. The van der Waals surface area contributed by atoms with Gasteiger partial charge in [-0.05, 0) is 24.6 Å². The molecule has 1 fully saturated rings. The maximum absolute atomic E-state index is 13.7. The zero-order valence-corrected chi connectivity index (χ0v) is 10.1. The fourth-order valence-electron chi connectivity index (χ4n) is 1.92. The molecule has 1 aromatic rings. The molecule has 0 saturated carbocycles. The Bertz CT molecular complexity index is 376. The number of hydrogen-bond acceptors (Lipinski definition) is 2. The Hall–Kier alpha value is -0.640. The molecule has 0 spiro atoms. The van der Waals surface area contributed by atoms with Gasteiger partial charge in [-0.25, -0.2) is 4.39 Å². The summed E-state index contributed by atoms with van der Waals surface area (Å²) in [6, 6.07) is 3.26. The molecular weight excluding hydrogens is 227 g/mol. The largest absolute Gasteiger partial charge is 0.314 e. The molecule has 1 heterocycles. The SMILES string of the molecule is Cc1cc(F)c(CN2CCNCC2)cc1Cl. The molecule has 1 aliphatic rings. The summed E-state index contributed by atoms with van der Waals surface area (Å²) in [5.41, 5.74) is 1.49. The third kappa shape index (κ3) is 2.73. The van der Waals surface area contributed by atoms with E-state index in [2.05, 4.69) is 10.2 Å². The van der Waals surface area contributed by atoms with E-state index in [1.807, 2.05) is 6.92 Å². The summed E-state index contributed by atoms with van der Waals surface area (Å²) in [7, 11) is 0. The molecule has 2 nitrogen and oxygen atoms in total. The summed E-state index contributed by atoms with van der Waals surface area (Å²) in [6.45, 7) is 6.34. The summed E-state index contributed by atoms with van der Waals surface area (Å²) in [4.78, 5) is 2.24. The lowest BCUT2D eigenvalue weighted by Crippen LogP contribution is -2.43. The van der Waals surface area contributed by atoms with Gasteiger partial charge in [0.1, 0.15) is 5.82 Å². The van der Waals surface area contributed by atoms with Crippen LogP contribution in [0.1, 0.15) is 11.1 Å². The molecule has 1 aromatic carbocycles. The predicted molar refractivity (Wildman–Crippen MR) is 64.3 cm³/mol. The van der Waals surface area contributed by atoms with Crippen LogP contribution in [-0.2, 0) is 6.54 Å². The van der Waals surface area contributed by atoms with Crippen molar-refractivity contribution in [2.24, 2.45) is 0 Å². The molecule has 4 heteroatoms. The van der Waals surface area contributed by atoms with E-state index in [0.717, 1.165) is 31.7 Å². The predicted octanol–water partition coefficient (Wildman–Crippen LogP) is 2.19. The van der Waals surface area contributed by atoms with E-state index < -0.39 is 0 Å². The molecule has 2 rings (SSSR count). The minimum Gasteiger partial charge on any atom is -0.314 e. The van der Waals surface area contributed by atoms with E-state index in [0.29, 0.717) is 17.1 Å². The fraction of sp³-hybridized carbons (Fsp3) is 0.500. The lowest BCUT2D eigenvalue weighted by Gasteiger charge is -2.27. The van der Waals surface area contributed by atoms with Crippen LogP contribution in [0.15, 0.2) is 12.1 Å². The first-order chi connectivity index (χ1) is 7.66. The zero-order valence-electron chi connectivity index (χ0n) is 9.39. The van der Waals surface area contributed by atoms with Gasteiger partial charge >= 0.3 is 0 Å². The molecule has 0 aliphatic carbocycles. The molecule has 1 saturated heterocycles. The number of piperazine rings is 1. The summed E-state index contributed by atoms with van der Waals surface area (Å²) in [5.74, 6) is -0.152. The van der Waals surface area contributed by atoms with Gasteiger partial charge in [-0.1, -0.05) is 11.6 Å². The Morgan fingerprint density at radius 2 is 2.06 bits per heavy atom. The molecule has 1 aliphatic heterocycles. The first-order valence-electron chi connectivity index (χ1n) is 5.54. The van der Waals surface area contributed by atoms with Crippen LogP contribution in [-0.4, -0.2) is 31.1 Å². The molecule has 16 heavy (non-hydrogen) atoms. The molecule has 0 aromatic heterocycles. The number of rotatable bonds is 2. The van der Waals surface area contributed by atoms with Crippen molar-refractivity contribution in [1.82, 2.24) is 10.2 Å². The highest BCUT2D eigenvalue weighted by atomic mass is 35.5. The van der Waals surface area contributed by atoms with Gasteiger partial charge in [0.15, 0.2) is 0 Å². The highest BCUT2D eigenvalue weighted by Crippen LogP contribution is 2.21. The van der Waals surface area contributed by atoms with Crippen molar-refractivity contribution in [2.75, 3.05) is 26.2 Å². The second-order valence-electron chi connectivity index (χ2n) is 4.22. The van der Waals surface area contributed by atoms with Crippen LogP contribution in [0.5, 0.6) is 0 Å². The molecule has 0 unspecified atom stereocenters. The van der Waals surface area contributed by atoms with Crippen molar-refractivity contribution in [3.05, 3.63) is 34.1 Å². The smallest absolute Gasteiger partial charge is 0.128 e. The Morgan fingerprint density at radius 1 is 1.38 bits per heavy atom. The summed E-state index contributed by atoms with van der Waals surface area (Å²) in [6.07, 6.45) is 0. The van der Waals surface area contributed by atoms with Crippen molar-refractivity contribution < 1.29 is 4.39 Å². The van der Waals surface area contributed by atoms with Gasteiger partial charge in [0, 0.05) is 43.3 Å². The lowest BCUT2D eigenvalue weighted by atomic mass is 10.1. The second-order valence-corrected chi connectivity index (χ2v) is 4.63. The number of benzene rings is 1. The number of nitrogens with one attached hydrogen (secondary N) is 1. The summed E-state index contributed by atoms with van der Waals surface area (Å²) >= 11 is 6.01. The lowest BCUT2D eigenvalue weighted by molar-refractivity contribution is 0.230. The average Bonchev–Trinajstić information content (AvgIpc) is 2.27. The van der Waals surface area contributed by atoms with Gasteiger partial charge in [-0.15, -0.1) is 0 Å². The first-order valence-corrected chi connectivity index (χ1v) is 5.92. The topological polar surface area (TPSA) is 15.3 Å². The van der Waals surface area contributed by atoms with Crippen molar-refractivity contribution in [2.45, 2.75) is 13.5 Å². The molecule has 0 amide bonds. The standard InChI is InChI=1S/C12H16ClFN2/c1-9-6-12(14)10(7-11(9)13)8-16-4-2-15-3-5-16/h6-7,15H,2-5,8H2,1H3. The monoisotopic (exact) mass is 242 g/mol. The van der Waals surface area contributed by atoms with Crippen LogP contribution < -0.4 is 5.32 Å². The number of nitrogens with zero attached hydrogens (tertiary/aromatic N) is 1. The van der Waals surface area contributed by atoms with E-state index in [-0.39, 0.29) is 5.82 Å². The van der Waals surface area contributed by atoms with Gasteiger partial charge in [0.05, 0.1) is 0 Å². The third-order valence-corrected chi connectivity index (χ3v) is 3.34. The fourth-order valence-corrected chi connectivity index (χ4v) is 2.11. The van der Waals surface area contributed by atoms with Crippen molar-refractivity contribution in [1.29, 1.82) is 0 Å². The van der Waals surface area contributed by atoms with E-state index in [9.17, 15) is 4.39 Å². The van der Waals surface area contributed by atoms with Crippen LogP contribution >= 0.6 is 11.6 Å². The Labute approximate surface area is 100 Å². The number of aryl methyl sites for hydroxylation is 1. The van der Waals surface area contributed by atoms with Gasteiger partial charge in [-0.2, -0.15) is 0 Å². The van der Waals surface area contributed by atoms with E-state index >= 15 is 0 Å². The van der Waals surface area contributed by atoms with Crippen LogP contribution in [0.2, 0.25) is 5.02 Å². The highest BCUT2D eigenvalue weighted by Gasteiger charge is 2.13. The van der Waals surface area contributed by atoms with Crippen LogP contribution in [0.4, 0.5) is 4.39 Å². The maximum Gasteiger partial charge on any atom is 0.128 e. The van der Waals surface area contributed by atoms with Crippen molar-refractivity contribution in [3.8, 4) is 0 Å². The molecular formula is C12H16ClFN2. The maximum atomic E-state index is 13.7. The highest BCUT2D eigenvalue weighted by molar-refractivity contribution is 6.31. The van der Waals surface area contributed by atoms with Gasteiger partial charge in [-0.3, -0.25) is 4.90 Å². The van der Waals surface area contributed by atoms with Crippen LogP contribution in [0.25, 0.3) is 0 Å². The van der Waals surface area contributed by atoms with Crippen LogP contribution in [0, 0.1) is 12.7 Å². The normalized spacial score (nSPS) is 17.7. The third-order valence-electron chi connectivity index (χ3n) is 2.93. The summed E-state index contributed by atoms with van der Waals surface area (Å²) < 4.78 is 13.7. The van der Waals surface area contributed by atoms with Gasteiger partial charge in [0.25, 0.3) is 0 Å². The van der Waals surface area contributed by atoms with E-state index in [4.69, 9.17) is 11.6 Å². The summed E-state index contributed by atoms with van der Waals surface area (Å²) in [5, 5.41) is 3.92. The van der Waals surface area contributed by atoms with E-state index in [1.165, 1.54) is 6.07 Å². The van der Waals surface area contributed by atoms with E-state index in [1.54, 1.807) is 6.07 Å². The zero-order chi connectivity index (χ0) is 11.5. The quantitative estimate of drug-likeness (QED) is 0.856. The van der Waals surface area contributed by atoms with Crippen molar-refractivity contribution in [3.63, 3.8) is 0 Å². The minimum atomic E-state index is -0.152. The second kappa shape index (κ2) is 5.13. The Morgan fingerprint density at radius 3 is 2.75 bits per heavy atom. The van der Waals surface area contributed by atoms with Crippen molar-refractivity contribution >= 4 is 11.6 Å². The van der Waals surface area contributed by atoms with Gasteiger partial charge < -0.3 is 5.32 Å². The molecule has 0 bridgehead atoms. The minimum absolute atomic E-state index is 0.152. The number of hydrogen-bond donors (Lipinski definition) is 1. The molecule has 88 valence electrons. The Kier molecular flexibility index (Phi) is 3.79. The molecule has 0 atom stereocenters. The number of halogens is 2. The molecule has 0 radical (unpaired) electrons. The molecule has 1 N–H and O–H groups in total.